The maximum absolute atomic E-state index is 12.2. The molecule has 1 saturated heterocycles. The van der Waals surface area contributed by atoms with Gasteiger partial charge < -0.3 is 10.2 Å². The molecule has 0 unspecified atom stereocenters. The number of piperidine rings is 1. The SMILES string of the molecule is CNC1CCN(C(=O)CCc2cc(Cl)ccc2Br)CC1. The monoisotopic (exact) mass is 358 g/mol. The maximum atomic E-state index is 12.2. The normalized spacial score (nSPS) is 16.4. The van der Waals surface area contributed by atoms with Crippen LogP contribution in [0, 0.1) is 0 Å². The van der Waals surface area contributed by atoms with Crippen LogP contribution in [0.5, 0.6) is 0 Å². The molecule has 0 saturated carbocycles. The van der Waals surface area contributed by atoms with Crippen LogP contribution in [-0.4, -0.2) is 37.0 Å². The molecule has 1 aliphatic heterocycles. The Morgan fingerprint density at radius 1 is 1.45 bits per heavy atom. The summed E-state index contributed by atoms with van der Waals surface area (Å²) in [5, 5.41) is 3.99. The van der Waals surface area contributed by atoms with Gasteiger partial charge in [-0.05, 0) is 50.1 Å². The molecule has 0 bridgehead atoms. The van der Waals surface area contributed by atoms with Crippen LogP contribution in [0.25, 0.3) is 0 Å². The van der Waals surface area contributed by atoms with Crippen LogP contribution < -0.4 is 5.32 Å². The van der Waals surface area contributed by atoms with Gasteiger partial charge in [0.05, 0.1) is 0 Å². The first kappa shape index (κ1) is 15.8. The van der Waals surface area contributed by atoms with Crippen LogP contribution in [0.2, 0.25) is 5.02 Å². The topological polar surface area (TPSA) is 32.3 Å². The molecule has 0 spiro atoms. The number of halogens is 2. The molecule has 2 rings (SSSR count). The molecule has 1 heterocycles. The minimum atomic E-state index is 0.242. The van der Waals surface area contributed by atoms with E-state index < -0.39 is 0 Å². The van der Waals surface area contributed by atoms with Crippen LogP contribution in [-0.2, 0) is 11.2 Å². The minimum Gasteiger partial charge on any atom is -0.343 e. The van der Waals surface area contributed by atoms with E-state index in [1.54, 1.807) is 0 Å². The van der Waals surface area contributed by atoms with Gasteiger partial charge in [-0.2, -0.15) is 0 Å². The number of hydrogen-bond acceptors (Lipinski definition) is 2. The van der Waals surface area contributed by atoms with Crippen molar-refractivity contribution in [1.29, 1.82) is 0 Å². The van der Waals surface area contributed by atoms with E-state index in [0.29, 0.717) is 17.5 Å². The van der Waals surface area contributed by atoms with E-state index in [0.717, 1.165) is 42.4 Å². The first-order valence-corrected chi connectivity index (χ1v) is 8.16. The highest BCUT2D eigenvalue weighted by Gasteiger charge is 2.21. The lowest BCUT2D eigenvalue weighted by molar-refractivity contribution is -0.132. The van der Waals surface area contributed by atoms with E-state index in [1.807, 2.05) is 30.1 Å². The molecule has 1 fully saturated rings. The lowest BCUT2D eigenvalue weighted by Crippen LogP contribution is -2.44. The molecule has 1 N–H and O–H groups in total. The molecule has 3 nitrogen and oxygen atoms in total. The Morgan fingerprint density at radius 3 is 2.80 bits per heavy atom. The number of aryl methyl sites for hydroxylation is 1. The molecule has 0 aliphatic carbocycles. The van der Waals surface area contributed by atoms with Crippen LogP contribution in [0.1, 0.15) is 24.8 Å². The van der Waals surface area contributed by atoms with Crippen molar-refractivity contribution in [2.75, 3.05) is 20.1 Å². The van der Waals surface area contributed by atoms with E-state index in [9.17, 15) is 4.79 Å². The van der Waals surface area contributed by atoms with Gasteiger partial charge >= 0.3 is 0 Å². The Morgan fingerprint density at radius 2 is 2.15 bits per heavy atom. The highest BCUT2D eigenvalue weighted by atomic mass is 79.9. The quantitative estimate of drug-likeness (QED) is 0.895. The van der Waals surface area contributed by atoms with E-state index in [1.165, 1.54) is 0 Å². The molecular formula is C15H20BrClN2O. The van der Waals surface area contributed by atoms with Gasteiger partial charge in [-0.25, -0.2) is 0 Å². The van der Waals surface area contributed by atoms with Crippen molar-refractivity contribution in [3.05, 3.63) is 33.3 Å². The molecular weight excluding hydrogens is 340 g/mol. The lowest BCUT2D eigenvalue weighted by atomic mass is 10.0. The summed E-state index contributed by atoms with van der Waals surface area (Å²) in [6.07, 6.45) is 3.36. The summed E-state index contributed by atoms with van der Waals surface area (Å²) >= 11 is 9.49. The third-order valence-electron chi connectivity index (χ3n) is 3.87. The molecule has 0 aromatic heterocycles. The van der Waals surface area contributed by atoms with Crippen LogP contribution in [0.15, 0.2) is 22.7 Å². The number of amides is 1. The predicted molar refractivity (Wildman–Crippen MR) is 86.1 cm³/mol. The highest BCUT2D eigenvalue weighted by Crippen LogP contribution is 2.23. The summed E-state index contributed by atoms with van der Waals surface area (Å²) < 4.78 is 1.02. The van der Waals surface area contributed by atoms with Gasteiger partial charge in [-0.15, -0.1) is 0 Å². The summed E-state index contributed by atoms with van der Waals surface area (Å²) in [6, 6.07) is 6.26. The maximum Gasteiger partial charge on any atom is 0.222 e. The predicted octanol–water partition coefficient (Wildman–Crippen LogP) is 3.25. The Kier molecular flexibility index (Phi) is 5.87. The summed E-state index contributed by atoms with van der Waals surface area (Å²) in [7, 11) is 1.98. The molecule has 20 heavy (non-hydrogen) atoms. The number of likely N-dealkylation sites (tertiary alicyclic amines) is 1. The first-order chi connectivity index (χ1) is 9.60. The third-order valence-corrected chi connectivity index (χ3v) is 4.88. The minimum absolute atomic E-state index is 0.242. The van der Waals surface area contributed by atoms with Crippen molar-refractivity contribution in [2.24, 2.45) is 0 Å². The summed E-state index contributed by atoms with van der Waals surface area (Å²) in [6.45, 7) is 1.72. The van der Waals surface area contributed by atoms with E-state index in [2.05, 4.69) is 21.2 Å². The number of carbonyl (C=O) groups is 1. The van der Waals surface area contributed by atoms with E-state index in [4.69, 9.17) is 11.6 Å². The Hall–Kier alpha value is -0.580. The number of nitrogens with zero attached hydrogens (tertiary/aromatic N) is 1. The largest absolute Gasteiger partial charge is 0.343 e. The third kappa shape index (κ3) is 4.21. The number of hydrogen-bond donors (Lipinski definition) is 1. The highest BCUT2D eigenvalue weighted by molar-refractivity contribution is 9.10. The van der Waals surface area contributed by atoms with Gasteiger partial charge in [0.15, 0.2) is 0 Å². The molecule has 1 aromatic rings. The second kappa shape index (κ2) is 7.43. The van der Waals surface area contributed by atoms with Crippen LogP contribution in [0.3, 0.4) is 0 Å². The second-order valence-corrected chi connectivity index (χ2v) is 6.47. The van der Waals surface area contributed by atoms with Gasteiger partial charge in [0, 0.05) is 35.0 Å². The van der Waals surface area contributed by atoms with Gasteiger partial charge in [0.25, 0.3) is 0 Å². The van der Waals surface area contributed by atoms with Crippen molar-refractivity contribution in [2.45, 2.75) is 31.7 Å². The Labute approximate surface area is 133 Å². The van der Waals surface area contributed by atoms with Crippen LogP contribution in [0.4, 0.5) is 0 Å². The molecule has 0 atom stereocenters. The first-order valence-electron chi connectivity index (χ1n) is 6.99. The van der Waals surface area contributed by atoms with E-state index in [-0.39, 0.29) is 5.91 Å². The number of carbonyl (C=O) groups excluding carboxylic acids is 1. The Bertz CT molecular complexity index is 473. The molecule has 0 radical (unpaired) electrons. The van der Waals surface area contributed by atoms with Crippen molar-refractivity contribution in [3.8, 4) is 0 Å². The molecule has 1 aliphatic rings. The molecule has 1 aromatic carbocycles. The van der Waals surface area contributed by atoms with Gasteiger partial charge in [0.2, 0.25) is 5.91 Å². The van der Waals surface area contributed by atoms with Gasteiger partial charge in [0.1, 0.15) is 0 Å². The zero-order valence-electron chi connectivity index (χ0n) is 11.7. The van der Waals surface area contributed by atoms with Crippen molar-refractivity contribution < 1.29 is 4.79 Å². The zero-order valence-corrected chi connectivity index (χ0v) is 14.0. The molecule has 110 valence electrons. The molecule has 1 amide bonds. The summed E-state index contributed by atoms with van der Waals surface area (Å²) in [4.78, 5) is 14.2. The summed E-state index contributed by atoms with van der Waals surface area (Å²) in [5.74, 6) is 0.242. The lowest BCUT2D eigenvalue weighted by Gasteiger charge is -2.32. The fraction of sp³-hybridized carbons (Fsp3) is 0.533. The van der Waals surface area contributed by atoms with Gasteiger partial charge in [-0.3, -0.25) is 4.79 Å². The number of rotatable bonds is 4. The zero-order chi connectivity index (χ0) is 14.5. The Balaban J connectivity index is 1.85. The molecule has 5 heteroatoms. The fourth-order valence-corrected chi connectivity index (χ4v) is 3.19. The average molecular weight is 360 g/mol. The second-order valence-electron chi connectivity index (χ2n) is 5.18. The van der Waals surface area contributed by atoms with Gasteiger partial charge in [-0.1, -0.05) is 27.5 Å². The van der Waals surface area contributed by atoms with Crippen molar-refractivity contribution >= 4 is 33.4 Å². The van der Waals surface area contributed by atoms with E-state index >= 15 is 0 Å². The van der Waals surface area contributed by atoms with Crippen molar-refractivity contribution in [1.82, 2.24) is 10.2 Å². The number of benzene rings is 1. The standard InChI is InChI=1S/C15H20BrClN2O/c1-18-13-6-8-19(9-7-13)15(20)5-2-11-10-12(17)3-4-14(11)16/h3-4,10,13,18H,2,5-9H2,1H3. The van der Waals surface area contributed by atoms with Crippen LogP contribution >= 0.6 is 27.5 Å². The number of nitrogens with one attached hydrogen (secondary N) is 1. The average Bonchev–Trinajstić information content (AvgIpc) is 2.48. The summed E-state index contributed by atoms with van der Waals surface area (Å²) in [5.41, 5.74) is 1.09. The fourth-order valence-electron chi connectivity index (χ4n) is 2.55. The smallest absolute Gasteiger partial charge is 0.222 e. The van der Waals surface area contributed by atoms with Crippen molar-refractivity contribution in [3.63, 3.8) is 0 Å².